The van der Waals surface area contributed by atoms with Gasteiger partial charge in [-0.3, -0.25) is 0 Å². The van der Waals surface area contributed by atoms with Crippen molar-refractivity contribution in [2.45, 2.75) is 9.79 Å². The molecular formula is C12H8F3NS. The van der Waals surface area contributed by atoms with Crippen LogP contribution in [0.3, 0.4) is 0 Å². The van der Waals surface area contributed by atoms with Gasteiger partial charge in [0, 0.05) is 15.5 Å². The molecule has 0 saturated heterocycles. The highest BCUT2D eigenvalue weighted by Crippen LogP contribution is 2.30. The molecule has 0 aliphatic rings. The van der Waals surface area contributed by atoms with Crippen molar-refractivity contribution >= 4 is 17.4 Å². The molecule has 2 aromatic rings. The van der Waals surface area contributed by atoms with Crippen molar-refractivity contribution in [2.75, 3.05) is 5.73 Å². The van der Waals surface area contributed by atoms with Crippen LogP contribution in [-0.2, 0) is 0 Å². The zero-order valence-corrected chi connectivity index (χ0v) is 9.40. The first-order valence-electron chi connectivity index (χ1n) is 4.73. The summed E-state index contributed by atoms with van der Waals surface area (Å²) in [5.41, 5.74) is 5.77. The van der Waals surface area contributed by atoms with Crippen LogP contribution >= 0.6 is 11.8 Å². The maximum Gasteiger partial charge on any atom is 0.159 e. The molecule has 0 saturated carbocycles. The van der Waals surface area contributed by atoms with E-state index in [1.165, 1.54) is 18.2 Å². The molecule has 2 N–H and O–H groups in total. The van der Waals surface area contributed by atoms with E-state index in [1.807, 2.05) is 0 Å². The van der Waals surface area contributed by atoms with E-state index in [0.717, 1.165) is 23.9 Å². The second kappa shape index (κ2) is 4.71. The average Bonchev–Trinajstić information content (AvgIpc) is 2.22. The van der Waals surface area contributed by atoms with E-state index < -0.39 is 17.5 Å². The predicted octanol–water partition coefficient (Wildman–Crippen LogP) is 3.84. The third-order valence-corrected chi connectivity index (χ3v) is 2.98. The molecule has 0 atom stereocenters. The van der Waals surface area contributed by atoms with Crippen molar-refractivity contribution < 1.29 is 13.2 Å². The fourth-order valence-corrected chi connectivity index (χ4v) is 2.26. The lowest BCUT2D eigenvalue weighted by Crippen LogP contribution is -1.88. The summed E-state index contributed by atoms with van der Waals surface area (Å²) in [7, 11) is 0. The Morgan fingerprint density at radius 2 is 1.59 bits per heavy atom. The molecule has 2 aromatic carbocycles. The third kappa shape index (κ3) is 2.94. The van der Waals surface area contributed by atoms with E-state index in [-0.39, 0.29) is 5.69 Å². The summed E-state index contributed by atoms with van der Waals surface area (Å²) in [5.74, 6) is -2.30. The molecule has 17 heavy (non-hydrogen) atoms. The number of nitrogens with two attached hydrogens (primary N) is 1. The van der Waals surface area contributed by atoms with Gasteiger partial charge in [0.15, 0.2) is 11.6 Å². The summed E-state index contributed by atoms with van der Waals surface area (Å²) in [6, 6.07) is 7.54. The lowest BCUT2D eigenvalue weighted by Gasteiger charge is -2.04. The number of rotatable bonds is 2. The molecule has 0 amide bonds. The second-order valence-corrected chi connectivity index (χ2v) is 4.55. The Morgan fingerprint density at radius 1 is 0.824 bits per heavy atom. The van der Waals surface area contributed by atoms with Gasteiger partial charge in [0.2, 0.25) is 0 Å². The first-order valence-corrected chi connectivity index (χ1v) is 5.55. The van der Waals surface area contributed by atoms with Crippen molar-refractivity contribution in [3.05, 3.63) is 53.8 Å². The topological polar surface area (TPSA) is 26.0 Å². The highest BCUT2D eigenvalue weighted by molar-refractivity contribution is 7.99. The zero-order chi connectivity index (χ0) is 12.4. The highest BCUT2D eigenvalue weighted by Gasteiger charge is 2.05. The van der Waals surface area contributed by atoms with Gasteiger partial charge in [0.1, 0.15) is 5.82 Å². The molecule has 88 valence electrons. The molecule has 5 heteroatoms. The van der Waals surface area contributed by atoms with Gasteiger partial charge in [-0.15, -0.1) is 0 Å². The van der Waals surface area contributed by atoms with Gasteiger partial charge in [-0.1, -0.05) is 11.8 Å². The van der Waals surface area contributed by atoms with Crippen LogP contribution in [0.15, 0.2) is 46.2 Å². The molecular weight excluding hydrogens is 247 g/mol. The van der Waals surface area contributed by atoms with Gasteiger partial charge in [-0.2, -0.15) is 0 Å². The Balaban J connectivity index is 2.28. The Morgan fingerprint density at radius 3 is 2.24 bits per heavy atom. The number of benzene rings is 2. The molecule has 0 spiro atoms. The maximum absolute atomic E-state index is 13.0. The van der Waals surface area contributed by atoms with Crippen LogP contribution in [-0.4, -0.2) is 0 Å². The van der Waals surface area contributed by atoms with Gasteiger partial charge in [-0.25, -0.2) is 13.2 Å². The first kappa shape index (κ1) is 11.9. The third-order valence-electron chi connectivity index (χ3n) is 2.02. The normalized spacial score (nSPS) is 10.5. The van der Waals surface area contributed by atoms with Crippen LogP contribution in [0.25, 0.3) is 0 Å². The van der Waals surface area contributed by atoms with Gasteiger partial charge in [0.25, 0.3) is 0 Å². The molecule has 1 nitrogen and oxygen atoms in total. The van der Waals surface area contributed by atoms with Crippen LogP contribution in [0.1, 0.15) is 0 Å². The van der Waals surface area contributed by atoms with Gasteiger partial charge in [0.05, 0.1) is 0 Å². The first-order chi connectivity index (χ1) is 8.04. The van der Waals surface area contributed by atoms with E-state index in [2.05, 4.69) is 0 Å². The number of hydrogen-bond acceptors (Lipinski definition) is 2. The molecule has 0 fully saturated rings. The van der Waals surface area contributed by atoms with E-state index >= 15 is 0 Å². The SMILES string of the molecule is Nc1cc(F)cc(Sc2ccc(F)c(F)c2)c1. The van der Waals surface area contributed by atoms with Crippen molar-refractivity contribution in [1.82, 2.24) is 0 Å². The second-order valence-electron chi connectivity index (χ2n) is 3.40. The maximum atomic E-state index is 13.0. The van der Waals surface area contributed by atoms with Crippen molar-refractivity contribution in [3.8, 4) is 0 Å². The van der Waals surface area contributed by atoms with E-state index in [4.69, 9.17) is 5.73 Å². The summed E-state index contributed by atoms with van der Waals surface area (Å²) >= 11 is 1.11. The molecule has 0 bridgehead atoms. The quantitative estimate of drug-likeness (QED) is 0.825. The number of hydrogen-bond donors (Lipinski definition) is 1. The van der Waals surface area contributed by atoms with Gasteiger partial charge in [-0.05, 0) is 36.4 Å². The average molecular weight is 255 g/mol. The minimum atomic E-state index is -0.931. The zero-order valence-electron chi connectivity index (χ0n) is 8.58. The summed E-state index contributed by atoms with van der Waals surface area (Å²) in [6.45, 7) is 0. The van der Waals surface area contributed by atoms with Crippen LogP contribution in [0.2, 0.25) is 0 Å². The van der Waals surface area contributed by atoms with Crippen molar-refractivity contribution in [1.29, 1.82) is 0 Å². The molecule has 0 radical (unpaired) electrons. The largest absolute Gasteiger partial charge is 0.399 e. The lowest BCUT2D eigenvalue weighted by molar-refractivity contribution is 0.506. The van der Waals surface area contributed by atoms with Crippen molar-refractivity contribution in [2.24, 2.45) is 0 Å². The minimum absolute atomic E-state index is 0.287. The van der Waals surface area contributed by atoms with Gasteiger partial charge < -0.3 is 5.73 Å². The van der Waals surface area contributed by atoms with Crippen LogP contribution < -0.4 is 5.73 Å². The van der Waals surface area contributed by atoms with Crippen LogP contribution in [0.4, 0.5) is 18.9 Å². The lowest BCUT2D eigenvalue weighted by atomic mass is 10.3. The Kier molecular flexibility index (Phi) is 3.28. The minimum Gasteiger partial charge on any atom is -0.399 e. The molecule has 0 aliphatic carbocycles. The van der Waals surface area contributed by atoms with Crippen molar-refractivity contribution in [3.63, 3.8) is 0 Å². The predicted molar refractivity (Wildman–Crippen MR) is 61.3 cm³/mol. The Bertz CT molecular complexity index is 537. The fraction of sp³-hybridized carbons (Fsp3) is 0. The monoisotopic (exact) mass is 255 g/mol. The molecule has 0 heterocycles. The number of halogens is 3. The summed E-state index contributed by atoms with van der Waals surface area (Å²) in [6.07, 6.45) is 0. The molecule has 0 aromatic heterocycles. The smallest absolute Gasteiger partial charge is 0.159 e. The standard InChI is InChI=1S/C12H8F3NS/c13-7-3-8(16)5-10(4-7)17-9-1-2-11(14)12(15)6-9/h1-6H,16H2. The Labute approximate surface area is 100 Å². The van der Waals surface area contributed by atoms with E-state index in [0.29, 0.717) is 9.79 Å². The van der Waals surface area contributed by atoms with Crippen LogP contribution in [0, 0.1) is 17.5 Å². The molecule has 2 rings (SSSR count). The summed E-state index contributed by atoms with van der Waals surface area (Å²) in [4.78, 5) is 1.02. The fourth-order valence-electron chi connectivity index (χ4n) is 1.32. The van der Waals surface area contributed by atoms with Crippen LogP contribution in [0.5, 0.6) is 0 Å². The van der Waals surface area contributed by atoms with Gasteiger partial charge >= 0.3 is 0 Å². The van der Waals surface area contributed by atoms with E-state index in [9.17, 15) is 13.2 Å². The Hall–Kier alpha value is -1.62. The summed E-state index contributed by atoms with van der Waals surface area (Å²) < 4.78 is 38.7. The highest BCUT2D eigenvalue weighted by atomic mass is 32.2. The molecule has 0 unspecified atom stereocenters. The number of nitrogen functional groups attached to an aromatic ring is 1. The van der Waals surface area contributed by atoms with E-state index in [1.54, 1.807) is 6.07 Å². The summed E-state index contributed by atoms with van der Waals surface area (Å²) in [5, 5.41) is 0. The number of anilines is 1. The molecule has 0 aliphatic heterocycles.